The van der Waals surface area contributed by atoms with Crippen molar-refractivity contribution in [2.24, 2.45) is 5.92 Å². The Morgan fingerprint density at radius 3 is 2.03 bits per heavy atom. The molecule has 188 valence electrons. The molecule has 4 aromatic carbocycles. The van der Waals surface area contributed by atoms with Crippen molar-refractivity contribution in [1.29, 1.82) is 0 Å². The van der Waals surface area contributed by atoms with Crippen molar-refractivity contribution in [2.75, 3.05) is 9.96 Å². The lowest BCUT2D eigenvalue weighted by Gasteiger charge is -2.28. The highest BCUT2D eigenvalue weighted by atomic mass is 19.1. The summed E-state index contributed by atoms with van der Waals surface area (Å²) < 4.78 is 19.0. The van der Waals surface area contributed by atoms with Crippen molar-refractivity contribution in [2.45, 2.75) is 12.1 Å². The van der Waals surface area contributed by atoms with E-state index < -0.39 is 41.7 Å². The second-order valence-electron chi connectivity index (χ2n) is 8.97. The Morgan fingerprint density at radius 2 is 1.37 bits per heavy atom. The fourth-order valence-electron chi connectivity index (χ4n) is 4.87. The first kappa shape index (κ1) is 23.6. The van der Waals surface area contributed by atoms with E-state index in [1.54, 1.807) is 53.6 Å². The van der Waals surface area contributed by atoms with Gasteiger partial charge in [0.15, 0.2) is 6.10 Å². The number of hydrogen-bond donors (Lipinski definition) is 0. The van der Waals surface area contributed by atoms with Crippen LogP contribution in [-0.4, -0.2) is 23.9 Å². The van der Waals surface area contributed by atoms with Crippen LogP contribution in [0, 0.1) is 11.7 Å². The van der Waals surface area contributed by atoms with Gasteiger partial charge >= 0.3 is 5.97 Å². The minimum atomic E-state index is -1.05. The van der Waals surface area contributed by atoms with Crippen LogP contribution in [0.4, 0.5) is 15.8 Å². The molecule has 0 radical (unpaired) electrons. The van der Waals surface area contributed by atoms with Gasteiger partial charge in [0.05, 0.1) is 23.0 Å². The number of esters is 1. The zero-order chi connectivity index (χ0) is 26.2. The molecule has 2 heterocycles. The Morgan fingerprint density at radius 1 is 0.737 bits per heavy atom. The van der Waals surface area contributed by atoms with E-state index in [2.05, 4.69) is 0 Å². The van der Waals surface area contributed by atoms with Gasteiger partial charge in [-0.25, -0.2) is 19.1 Å². The first-order chi connectivity index (χ1) is 18.5. The quantitative estimate of drug-likeness (QED) is 0.212. The maximum Gasteiger partial charge on any atom is 0.343 e. The topological polar surface area (TPSA) is 76.2 Å². The van der Waals surface area contributed by atoms with Gasteiger partial charge in [0.25, 0.3) is 5.91 Å². The number of fused-ring (bicyclic) bond motifs is 1. The van der Waals surface area contributed by atoms with Gasteiger partial charge in [-0.2, -0.15) is 0 Å². The molecule has 8 heteroatoms. The molecule has 4 aromatic rings. The fraction of sp³-hybridized carbons (Fsp3) is 0.100. The van der Waals surface area contributed by atoms with E-state index in [9.17, 15) is 18.8 Å². The maximum absolute atomic E-state index is 13.6. The van der Waals surface area contributed by atoms with Gasteiger partial charge in [0.1, 0.15) is 17.5 Å². The summed E-state index contributed by atoms with van der Waals surface area (Å²) in [4.78, 5) is 46.6. The molecule has 0 N–H and O–H groups in total. The Bertz CT molecular complexity index is 1490. The Labute approximate surface area is 217 Å². The standard InChI is InChI=1S/C30H21FN2O5/c31-21-13-15-22(16-14-21)32-28(34)25-26(33(38-27(25)29(32)35)23-9-5-2-6-10-23)19-11-17-24(18-12-19)37-30(36)20-7-3-1-4-8-20/h1-18,25-27H/t25-,26-,27+/m1/s1. The molecule has 6 rings (SSSR count). The molecule has 7 nitrogen and oxygen atoms in total. The SMILES string of the molecule is O=C(Oc1ccc([C@@H]2[C@H]3C(=O)N(c4ccc(F)cc4)C(=O)[C@H]3ON2c2ccccc2)cc1)c1ccccc1. The average Bonchev–Trinajstić information content (AvgIpc) is 3.46. The maximum atomic E-state index is 13.6. The molecule has 0 saturated carbocycles. The summed E-state index contributed by atoms with van der Waals surface area (Å²) in [7, 11) is 0. The number of hydrogen-bond acceptors (Lipinski definition) is 6. The molecule has 0 bridgehead atoms. The number of para-hydroxylation sites is 1. The molecule has 2 saturated heterocycles. The number of nitrogens with zero attached hydrogens (tertiary/aromatic N) is 2. The molecule has 0 spiro atoms. The highest BCUT2D eigenvalue weighted by Crippen LogP contribution is 2.47. The summed E-state index contributed by atoms with van der Waals surface area (Å²) in [6, 6.07) is 29.2. The van der Waals surface area contributed by atoms with Crippen LogP contribution in [0.25, 0.3) is 0 Å². The van der Waals surface area contributed by atoms with E-state index >= 15 is 0 Å². The van der Waals surface area contributed by atoms with Crippen LogP contribution >= 0.6 is 0 Å². The van der Waals surface area contributed by atoms with Crippen molar-refractivity contribution in [3.8, 4) is 5.75 Å². The highest BCUT2D eigenvalue weighted by molar-refractivity contribution is 6.23. The molecule has 0 unspecified atom stereocenters. The number of ether oxygens (including phenoxy) is 1. The third-order valence-corrected chi connectivity index (χ3v) is 6.65. The van der Waals surface area contributed by atoms with Crippen LogP contribution in [0.2, 0.25) is 0 Å². The molecule has 2 fully saturated rings. The van der Waals surface area contributed by atoms with Gasteiger partial charge in [-0.05, 0) is 66.2 Å². The molecule has 2 amide bonds. The van der Waals surface area contributed by atoms with Gasteiger partial charge in [0.2, 0.25) is 5.91 Å². The van der Waals surface area contributed by atoms with Crippen molar-refractivity contribution >= 4 is 29.2 Å². The van der Waals surface area contributed by atoms with Crippen LogP contribution in [-0.2, 0) is 14.4 Å². The molecule has 38 heavy (non-hydrogen) atoms. The number of anilines is 2. The number of hydroxylamine groups is 1. The lowest BCUT2D eigenvalue weighted by molar-refractivity contribution is -0.126. The van der Waals surface area contributed by atoms with E-state index in [1.807, 2.05) is 36.4 Å². The number of halogens is 1. The molecule has 0 aromatic heterocycles. The zero-order valence-electron chi connectivity index (χ0n) is 19.9. The van der Waals surface area contributed by atoms with E-state index in [4.69, 9.17) is 9.57 Å². The van der Waals surface area contributed by atoms with Gasteiger partial charge in [-0.15, -0.1) is 0 Å². The Hall–Kier alpha value is -4.82. The minimum absolute atomic E-state index is 0.285. The lowest BCUT2D eigenvalue weighted by atomic mass is 9.90. The number of rotatable bonds is 5. The summed E-state index contributed by atoms with van der Waals surface area (Å²) >= 11 is 0. The van der Waals surface area contributed by atoms with E-state index in [0.29, 0.717) is 22.6 Å². The second kappa shape index (κ2) is 9.57. The Kier molecular flexibility index (Phi) is 5.94. The summed E-state index contributed by atoms with van der Waals surface area (Å²) in [5.41, 5.74) is 2.09. The summed E-state index contributed by atoms with van der Waals surface area (Å²) in [5.74, 6) is -2.40. The summed E-state index contributed by atoms with van der Waals surface area (Å²) in [6.45, 7) is 0. The van der Waals surface area contributed by atoms with Crippen LogP contribution < -0.4 is 14.7 Å². The van der Waals surface area contributed by atoms with Crippen LogP contribution in [0.1, 0.15) is 22.0 Å². The van der Waals surface area contributed by atoms with Crippen molar-refractivity contribution in [3.63, 3.8) is 0 Å². The van der Waals surface area contributed by atoms with Crippen LogP contribution in [0.5, 0.6) is 5.75 Å². The molecule has 0 aliphatic carbocycles. The van der Waals surface area contributed by atoms with E-state index in [-0.39, 0.29) is 5.69 Å². The second-order valence-corrected chi connectivity index (χ2v) is 8.97. The molecular weight excluding hydrogens is 487 g/mol. The summed E-state index contributed by atoms with van der Waals surface area (Å²) in [5, 5.41) is 1.58. The van der Waals surface area contributed by atoms with E-state index in [0.717, 1.165) is 4.90 Å². The predicted octanol–water partition coefficient (Wildman–Crippen LogP) is 5.10. The summed E-state index contributed by atoms with van der Waals surface area (Å²) in [6.07, 6.45) is -1.05. The average molecular weight is 509 g/mol. The number of carbonyl (C=O) groups is 3. The van der Waals surface area contributed by atoms with Crippen molar-refractivity contribution in [3.05, 3.63) is 126 Å². The van der Waals surface area contributed by atoms with Gasteiger partial charge in [-0.1, -0.05) is 48.5 Å². The monoisotopic (exact) mass is 508 g/mol. The molecule has 3 atom stereocenters. The third kappa shape index (κ3) is 4.10. The number of carbonyl (C=O) groups excluding carboxylic acids is 3. The van der Waals surface area contributed by atoms with E-state index in [1.165, 1.54) is 24.3 Å². The largest absolute Gasteiger partial charge is 0.423 e. The van der Waals surface area contributed by atoms with Gasteiger partial charge in [-0.3, -0.25) is 14.4 Å². The molecular formula is C30H21FN2O5. The number of benzene rings is 4. The predicted molar refractivity (Wildman–Crippen MR) is 137 cm³/mol. The van der Waals surface area contributed by atoms with Crippen LogP contribution in [0.15, 0.2) is 109 Å². The molecule has 2 aliphatic rings. The fourth-order valence-corrected chi connectivity index (χ4v) is 4.87. The number of imide groups is 1. The smallest absolute Gasteiger partial charge is 0.343 e. The third-order valence-electron chi connectivity index (χ3n) is 6.65. The van der Waals surface area contributed by atoms with Crippen molar-refractivity contribution in [1.82, 2.24) is 0 Å². The first-order valence-electron chi connectivity index (χ1n) is 12.0. The molecule has 2 aliphatic heterocycles. The normalized spacial score (nSPS) is 20.5. The highest BCUT2D eigenvalue weighted by Gasteiger charge is 2.60. The minimum Gasteiger partial charge on any atom is -0.423 e. The Balaban J connectivity index is 1.32. The van der Waals surface area contributed by atoms with Crippen molar-refractivity contribution < 1.29 is 28.3 Å². The lowest BCUT2D eigenvalue weighted by Crippen LogP contribution is -2.37. The first-order valence-corrected chi connectivity index (χ1v) is 12.0. The van der Waals surface area contributed by atoms with Crippen LogP contribution in [0.3, 0.4) is 0 Å². The van der Waals surface area contributed by atoms with Gasteiger partial charge in [0, 0.05) is 0 Å². The van der Waals surface area contributed by atoms with Gasteiger partial charge < -0.3 is 4.74 Å². The zero-order valence-corrected chi connectivity index (χ0v) is 19.9. The number of amides is 2.